The highest BCUT2D eigenvalue weighted by atomic mass is 32.2. The number of hydrogen-bond acceptors (Lipinski definition) is 6. The van der Waals surface area contributed by atoms with Gasteiger partial charge in [-0.15, -0.1) is 0 Å². The van der Waals surface area contributed by atoms with Crippen molar-refractivity contribution >= 4 is 43.2 Å². The van der Waals surface area contributed by atoms with Gasteiger partial charge in [0.25, 0.3) is 0 Å². The number of sulfonamides is 1. The minimum atomic E-state index is -4.34. The van der Waals surface area contributed by atoms with Crippen molar-refractivity contribution in [2.75, 3.05) is 5.32 Å². The zero-order chi connectivity index (χ0) is 26.2. The molecule has 7 nitrogen and oxygen atoms in total. The first-order valence-electron chi connectivity index (χ1n) is 12.3. The number of ether oxygens (including phenoxy) is 1. The van der Waals surface area contributed by atoms with Gasteiger partial charge in [-0.05, 0) is 43.7 Å². The third kappa shape index (κ3) is 3.62. The Hall–Kier alpha value is -3.46. The molecule has 2 aliphatic rings. The van der Waals surface area contributed by atoms with Crippen LogP contribution < -0.4 is 5.32 Å². The Balaban J connectivity index is 1.60. The molecule has 37 heavy (non-hydrogen) atoms. The molecule has 0 aliphatic carbocycles. The van der Waals surface area contributed by atoms with Crippen molar-refractivity contribution in [1.82, 2.24) is 4.31 Å². The Morgan fingerprint density at radius 2 is 1.54 bits per heavy atom. The summed E-state index contributed by atoms with van der Waals surface area (Å²) in [5.74, 6) is -0.692. The van der Waals surface area contributed by atoms with Crippen LogP contribution in [0.2, 0.25) is 0 Å². The number of aliphatic hydroxyl groups is 1. The molecule has 2 aliphatic heterocycles. The van der Waals surface area contributed by atoms with E-state index in [1.165, 1.54) is 0 Å². The van der Waals surface area contributed by atoms with Crippen LogP contribution in [0, 0.1) is 0 Å². The fraction of sp³-hybridized carbons (Fsp3) is 0.276. The highest BCUT2D eigenvalue weighted by Crippen LogP contribution is 2.52. The largest absolute Gasteiger partial charge is 0.459 e. The highest BCUT2D eigenvalue weighted by Gasteiger charge is 2.63. The van der Waals surface area contributed by atoms with Crippen LogP contribution in [0.15, 0.2) is 83.8 Å². The second-order valence-electron chi connectivity index (χ2n) is 10.8. The van der Waals surface area contributed by atoms with Crippen LogP contribution in [0.5, 0.6) is 0 Å². The van der Waals surface area contributed by atoms with E-state index in [2.05, 4.69) is 5.32 Å². The van der Waals surface area contributed by atoms with Crippen LogP contribution in [0.3, 0.4) is 0 Å². The molecule has 1 saturated heterocycles. The number of carbonyl (C=O) groups is 1. The molecule has 0 amide bonds. The Bertz CT molecular complexity index is 1620. The first-order valence-corrected chi connectivity index (χ1v) is 13.7. The molecule has 2 N–H and O–H groups in total. The maximum atomic E-state index is 14.7. The molecule has 0 unspecified atom stereocenters. The summed E-state index contributed by atoms with van der Waals surface area (Å²) in [5, 5.41) is 17.8. The van der Waals surface area contributed by atoms with Crippen molar-refractivity contribution in [2.24, 2.45) is 0 Å². The lowest BCUT2D eigenvalue weighted by Crippen LogP contribution is -2.50. The minimum Gasteiger partial charge on any atom is -0.459 e. The fourth-order valence-corrected chi connectivity index (χ4v) is 7.82. The normalized spacial score (nSPS) is 23.6. The standard InChI is InChI=1S/C29H28N2O5S/c1-28(2,3)36-26(32)24-17-29(33)22-14-8-9-15-23(22)30-27(29)31(24)37(34,35)25-20-12-6-4-10-18(20)16-19-11-5-7-13-21(19)25/h4-16,24,27,30,33H,17H2,1-3H3/t24-,27+,29-/m0/s1. The monoisotopic (exact) mass is 516 g/mol. The molecule has 4 aromatic carbocycles. The van der Waals surface area contributed by atoms with Gasteiger partial charge >= 0.3 is 5.97 Å². The molecular formula is C29H28N2O5S. The van der Waals surface area contributed by atoms with Gasteiger partial charge in [0, 0.05) is 28.4 Å². The number of esters is 1. The first kappa shape index (κ1) is 23.9. The van der Waals surface area contributed by atoms with Crippen molar-refractivity contribution in [3.05, 3.63) is 84.4 Å². The Morgan fingerprint density at radius 3 is 2.16 bits per heavy atom. The molecule has 190 valence electrons. The summed E-state index contributed by atoms with van der Waals surface area (Å²) < 4.78 is 36.3. The van der Waals surface area contributed by atoms with Crippen LogP contribution in [0.4, 0.5) is 5.69 Å². The van der Waals surface area contributed by atoms with Gasteiger partial charge in [0.2, 0.25) is 10.0 Å². The minimum absolute atomic E-state index is 0.108. The summed E-state index contributed by atoms with van der Waals surface area (Å²) in [6, 6.07) is 22.5. The quantitative estimate of drug-likeness (QED) is 0.302. The molecule has 6 rings (SSSR count). The van der Waals surface area contributed by atoms with Gasteiger partial charge in [-0.1, -0.05) is 66.7 Å². The molecule has 8 heteroatoms. The number of rotatable bonds is 3. The third-order valence-electron chi connectivity index (χ3n) is 7.14. The SMILES string of the molecule is CC(C)(C)OC(=O)[C@@H]1C[C@]2(O)c3ccccc3N[C@@H]2N1S(=O)(=O)c1c2ccccc2cc2ccccc12. The number of carbonyl (C=O) groups excluding carboxylic acids is 1. The lowest BCUT2D eigenvalue weighted by atomic mass is 9.91. The Morgan fingerprint density at radius 1 is 0.973 bits per heavy atom. The number of nitrogens with zero attached hydrogens (tertiary/aromatic N) is 1. The van der Waals surface area contributed by atoms with Gasteiger partial charge in [0.1, 0.15) is 23.4 Å². The average Bonchev–Trinajstić information content (AvgIpc) is 3.30. The van der Waals surface area contributed by atoms with E-state index >= 15 is 0 Å². The summed E-state index contributed by atoms with van der Waals surface area (Å²) in [7, 11) is -4.34. The third-order valence-corrected chi connectivity index (χ3v) is 9.12. The van der Waals surface area contributed by atoms with Crippen molar-refractivity contribution < 1.29 is 23.1 Å². The summed E-state index contributed by atoms with van der Waals surface area (Å²) in [5.41, 5.74) is -1.23. The van der Waals surface area contributed by atoms with Gasteiger partial charge in [0.15, 0.2) is 0 Å². The van der Waals surface area contributed by atoms with E-state index in [9.17, 15) is 18.3 Å². The average molecular weight is 517 g/mol. The van der Waals surface area contributed by atoms with E-state index < -0.39 is 39.4 Å². The first-order chi connectivity index (χ1) is 17.5. The topological polar surface area (TPSA) is 95.9 Å². The van der Waals surface area contributed by atoms with Crippen molar-refractivity contribution in [3.63, 3.8) is 0 Å². The summed E-state index contributed by atoms with van der Waals surface area (Å²) in [4.78, 5) is 13.6. The van der Waals surface area contributed by atoms with Crippen LogP contribution in [-0.2, 0) is 25.2 Å². The molecule has 3 atom stereocenters. The van der Waals surface area contributed by atoms with Crippen LogP contribution >= 0.6 is 0 Å². The number of anilines is 1. The number of benzene rings is 4. The molecule has 0 saturated carbocycles. The van der Waals surface area contributed by atoms with E-state index in [1.807, 2.05) is 36.4 Å². The van der Waals surface area contributed by atoms with Gasteiger partial charge in [-0.25, -0.2) is 8.42 Å². The molecule has 0 aromatic heterocycles. The summed E-state index contributed by atoms with van der Waals surface area (Å²) in [6.07, 6.45) is -1.21. The molecule has 4 aromatic rings. The van der Waals surface area contributed by atoms with Gasteiger partial charge in [-0.2, -0.15) is 4.31 Å². The van der Waals surface area contributed by atoms with Crippen LogP contribution in [0.1, 0.15) is 32.8 Å². The zero-order valence-corrected chi connectivity index (χ0v) is 21.6. The number of nitrogens with one attached hydrogen (secondary N) is 1. The van der Waals surface area contributed by atoms with Gasteiger partial charge in [0.05, 0.1) is 4.90 Å². The number of hydrogen-bond donors (Lipinski definition) is 2. The smallest absolute Gasteiger partial charge is 0.325 e. The van der Waals surface area contributed by atoms with E-state index in [0.717, 1.165) is 15.1 Å². The summed E-state index contributed by atoms with van der Waals surface area (Å²) >= 11 is 0. The molecule has 1 fully saturated rings. The second-order valence-corrected chi connectivity index (χ2v) is 12.5. The molecular weight excluding hydrogens is 488 g/mol. The highest BCUT2D eigenvalue weighted by molar-refractivity contribution is 7.89. The van der Waals surface area contributed by atoms with Gasteiger partial charge < -0.3 is 15.2 Å². The van der Waals surface area contributed by atoms with E-state index in [0.29, 0.717) is 22.0 Å². The molecule has 0 radical (unpaired) electrons. The van der Waals surface area contributed by atoms with Crippen LogP contribution in [0.25, 0.3) is 21.5 Å². The van der Waals surface area contributed by atoms with E-state index in [4.69, 9.17) is 4.74 Å². The number of fused-ring (bicyclic) bond motifs is 5. The van der Waals surface area contributed by atoms with Crippen molar-refractivity contribution in [3.8, 4) is 0 Å². The second kappa shape index (κ2) is 8.02. The van der Waals surface area contributed by atoms with Crippen LogP contribution in [-0.4, -0.2) is 41.6 Å². The predicted octanol–water partition coefficient (Wildman–Crippen LogP) is 4.74. The van der Waals surface area contributed by atoms with Crippen molar-refractivity contribution in [2.45, 2.75) is 55.5 Å². The lowest BCUT2D eigenvalue weighted by molar-refractivity contribution is -0.159. The molecule has 0 bridgehead atoms. The molecule has 0 spiro atoms. The Kier molecular flexibility index (Phi) is 5.18. The maximum Gasteiger partial charge on any atom is 0.325 e. The van der Waals surface area contributed by atoms with E-state index in [-0.39, 0.29) is 11.3 Å². The predicted molar refractivity (Wildman–Crippen MR) is 142 cm³/mol. The summed E-state index contributed by atoms with van der Waals surface area (Å²) in [6.45, 7) is 5.21. The van der Waals surface area contributed by atoms with Gasteiger partial charge in [-0.3, -0.25) is 4.79 Å². The maximum absolute atomic E-state index is 14.7. The van der Waals surface area contributed by atoms with E-state index in [1.54, 1.807) is 63.2 Å². The zero-order valence-electron chi connectivity index (χ0n) is 20.8. The lowest BCUT2D eigenvalue weighted by Gasteiger charge is -2.31. The number of para-hydroxylation sites is 1. The van der Waals surface area contributed by atoms with Crippen molar-refractivity contribution in [1.29, 1.82) is 0 Å². The molecule has 2 heterocycles. The fourth-order valence-electron chi connectivity index (χ4n) is 5.68. The Labute approximate surface area is 215 Å².